The van der Waals surface area contributed by atoms with Gasteiger partial charge in [-0.2, -0.15) is 0 Å². The zero-order valence-corrected chi connectivity index (χ0v) is 13.9. The number of aromatic nitrogens is 4. The van der Waals surface area contributed by atoms with Gasteiger partial charge in [0.25, 0.3) is 0 Å². The molecule has 1 N–H and O–H groups in total. The van der Waals surface area contributed by atoms with Crippen LogP contribution in [-0.4, -0.2) is 32.9 Å². The fourth-order valence-corrected chi connectivity index (χ4v) is 3.43. The molecule has 2 rings (SSSR count). The molecule has 0 spiro atoms. The van der Waals surface area contributed by atoms with Gasteiger partial charge in [-0.3, -0.25) is 0 Å². The average molecular weight is 311 g/mol. The van der Waals surface area contributed by atoms with Crippen LogP contribution in [0, 0.1) is 5.92 Å². The fourth-order valence-electron chi connectivity index (χ4n) is 1.80. The molecular formula is C13H21N5S2. The summed E-state index contributed by atoms with van der Waals surface area (Å²) in [5.74, 6) is 0.680. The summed E-state index contributed by atoms with van der Waals surface area (Å²) in [7, 11) is 0. The van der Waals surface area contributed by atoms with Gasteiger partial charge in [0, 0.05) is 13.0 Å². The summed E-state index contributed by atoms with van der Waals surface area (Å²) in [6, 6.07) is 0. The Balaban J connectivity index is 1.93. The first kappa shape index (κ1) is 15.5. The Bertz CT molecular complexity index is 520. The Morgan fingerprint density at radius 3 is 2.75 bits per heavy atom. The maximum Gasteiger partial charge on any atom is 0.161 e. The molecule has 2 aromatic heterocycles. The van der Waals surface area contributed by atoms with E-state index in [4.69, 9.17) is 0 Å². The normalized spacial score (nSPS) is 11.4. The molecule has 0 atom stereocenters. The first-order valence-corrected chi connectivity index (χ1v) is 8.64. The number of hydrogen-bond acceptors (Lipinski definition) is 7. The molecule has 110 valence electrons. The van der Waals surface area contributed by atoms with Crippen molar-refractivity contribution < 1.29 is 0 Å². The van der Waals surface area contributed by atoms with E-state index >= 15 is 0 Å². The van der Waals surface area contributed by atoms with E-state index in [9.17, 15) is 0 Å². The third-order valence-electron chi connectivity index (χ3n) is 2.77. The van der Waals surface area contributed by atoms with Gasteiger partial charge in [0.2, 0.25) is 0 Å². The molecule has 2 aromatic rings. The van der Waals surface area contributed by atoms with Crippen LogP contribution >= 0.6 is 22.9 Å². The molecule has 2 heterocycles. The minimum atomic E-state index is 0.680. The van der Waals surface area contributed by atoms with Crippen LogP contribution in [0.25, 0.3) is 9.88 Å². The third kappa shape index (κ3) is 4.29. The minimum Gasteiger partial charge on any atom is -0.316 e. The van der Waals surface area contributed by atoms with E-state index in [0.717, 1.165) is 52.9 Å². The number of hydrogen-bond donors (Lipinski definition) is 1. The van der Waals surface area contributed by atoms with Crippen molar-refractivity contribution in [1.29, 1.82) is 0 Å². The molecule has 0 unspecified atom stereocenters. The van der Waals surface area contributed by atoms with Gasteiger partial charge in [0.05, 0.1) is 5.69 Å². The second-order valence-corrected chi connectivity index (χ2v) is 6.96. The number of rotatable bonds is 8. The van der Waals surface area contributed by atoms with Crippen LogP contribution in [-0.2, 0) is 12.8 Å². The second kappa shape index (κ2) is 7.75. The summed E-state index contributed by atoms with van der Waals surface area (Å²) < 4.78 is 4.04. The van der Waals surface area contributed by atoms with Crippen LogP contribution < -0.4 is 5.32 Å². The zero-order chi connectivity index (χ0) is 14.4. The van der Waals surface area contributed by atoms with Crippen LogP contribution in [0.5, 0.6) is 0 Å². The number of nitrogens with zero attached hydrogens (tertiary/aromatic N) is 4. The summed E-state index contributed by atoms with van der Waals surface area (Å²) in [6.07, 6.45) is 2.96. The van der Waals surface area contributed by atoms with E-state index in [1.807, 2.05) is 0 Å². The predicted octanol–water partition coefficient (Wildman–Crippen LogP) is 2.80. The SMILES string of the molecule is CCCc1nnsc1-c1nnc(CCNCC(C)C)s1. The van der Waals surface area contributed by atoms with Crippen molar-refractivity contribution in [3.05, 3.63) is 10.7 Å². The Labute approximate surface area is 128 Å². The third-order valence-corrected chi connectivity index (χ3v) is 4.68. The maximum absolute atomic E-state index is 4.29. The van der Waals surface area contributed by atoms with Crippen LogP contribution in [0.2, 0.25) is 0 Å². The molecule has 0 aliphatic rings. The zero-order valence-electron chi connectivity index (χ0n) is 12.2. The molecule has 0 bridgehead atoms. The van der Waals surface area contributed by atoms with Crippen molar-refractivity contribution in [3.63, 3.8) is 0 Å². The molecule has 0 saturated heterocycles. The van der Waals surface area contributed by atoms with Crippen molar-refractivity contribution >= 4 is 22.9 Å². The van der Waals surface area contributed by atoms with E-state index in [1.54, 1.807) is 11.3 Å². The van der Waals surface area contributed by atoms with Gasteiger partial charge in [-0.05, 0) is 30.4 Å². The first-order valence-electron chi connectivity index (χ1n) is 7.05. The second-order valence-electron chi connectivity index (χ2n) is 5.15. The molecule has 0 amide bonds. The summed E-state index contributed by atoms with van der Waals surface area (Å²) in [6.45, 7) is 8.57. The Morgan fingerprint density at radius 2 is 2.00 bits per heavy atom. The van der Waals surface area contributed by atoms with Crippen LogP contribution in [0.15, 0.2) is 0 Å². The molecule has 0 radical (unpaired) electrons. The lowest BCUT2D eigenvalue weighted by atomic mass is 10.2. The van der Waals surface area contributed by atoms with Crippen molar-refractivity contribution in [2.75, 3.05) is 13.1 Å². The predicted molar refractivity (Wildman–Crippen MR) is 84.2 cm³/mol. The van der Waals surface area contributed by atoms with Crippen molar-refractivity contribution in [3.8, 4) is 9.88 Å². The van der Waals surface area contributed by atoms with Crippen LogP contribution in [0.3, 0.4) is 0 Å². The highest BCUT2D eigenvalue weighted by atomic mass is 32.1. The highest BCUT2D eigenvalue weighted by Gasteiger charge is 2.14. The van der Waals surface area contributed by atoms with Gasteiger partial charge in [0.15, 0.2) is 5.01 Å². The average Bonchev–Trinajstić information content (AvgIpc) is 3.03. The summed E-state index contributed by atoms with van der Waals surface area (Å²) in [4.78, 5) is 1.09. The summed E-state index contributed by atoms with van der Waals surface area (Å²) in [5.41, 5.74) is 1.05. The van der Waals surface area contributed by atoms with Gasteiger partial charge in [-0.1, -0.05) is 43.0 Å². The number of nitrogens with one attached hydrogen (secondary N) is 1. The van der Waals surface area contributed by atoms with Crippen molar-refractivity contribution in [2.24, 2.45) is 5.92 Å². The lowest BCUT2D eigenvalue weighted by Crippen LogP contribution is -2.22. The minimum absolute atomic E-state index is 0.680. The molecule has 7 heteroatoms. The first-order chi connectivity index (χ1) is 9.70. The van der Waals surface area contributed by atoms with Crippen molar-refractivity contribution in [2.45, 2.75) is 40.0 Å². The van der Waals surface area contributed by atoms with E-state index in [2.05, 4.69) is 45.9 Å². The highest BCUT2D eigenvalue weighted by Crippen LogP contribution is 2.29. The largest absolute Gasteiger partial charge is 0.316 e. The van der Waals surface area contributed by atoms with E-state index in [1.165, 1.54) is 11.5 Å². The Morgan fingerprint density at radius 1 is 1.15 bits per heavy atom. The topological polar surface area (TPSA) is 63.6 Å². The van der Waals surface area contributed by atoms with Crippen LogP contribution in [0.4, 0.5) is 0 Å². The van der Waals surface area contributed by atoms with Gasteiger partial charge >= 0.3 is 0 Å². The maximum atomic E-state index is 4.29. The van der Waals surface area contributed by atoms with E-state index < -0.39 is 0 Å². The molecule has 0 aliphatic carbocycles. The molecule has 0 aliphatic heterocycles. The smallest absolute Gasteiger partial charge is 0.161 e. The van der Waals surface area contributed by atoms with Gasteiger partial charge in [0.1, 0.15) is 9.88 Å². The monoisotopic (exact) mass is 311 g/mol. The molecule has 5 nitrogen and oxygen atoms in total. The lowest BCUT2D eigenvalue weighted by molar-refractivity contribution is 0.553. The van der Waals surface area contributed by atoms with Crippen LogP contribution in [0.1, 0.15) is 37.9 Å². The standard InChI is InChI=1S/C13H21N5S2/c1-4-5-10-12(20-18-15-10)13-17-16-11(19-13)6-7-14-8-9(2)3/h9,14H,4-8H2,1-3H3. The molecule has 0 saturated carbocycles. The number of aryl methyl sites for hydroxylation is 1. The Kier molecular flexibility index (Phi) is 6.00. The molecule has 0 fully saturated rings. The molecule has 0 aromatic carbocycles. The molecule has 20 heavy (non-hydrogen) atoms. The van der Waals surface area contributed by atoms with Crippen molar-refractivity contribution in [1.82, 2.24) is 25.1 Å². The van der Waals surface area contributed by atoms with Gasteiger partial charge in [-0.25, -0.2) is 0 Å². The highest BCUT2D eigenvalue weighted by molar-refractivity contribution is 7.19. The van der Waals surface area contributed by atoms with Gasteiger partial charge < -0.3 is 5.32 Å². The lowest BCUT2D eigenvalue weighted by Gasteiger charge is -2.05. The summed E-state index contributed by atoms with van der Waals surface area (Å²) >= 11 is 3.08. The van der Waals surface area contributed by atoms with E-state index in [-0.39, 0.29) is 0 Å². The molecular weight excluding hydrogens is 290 g/mol. The van der Waals surface area contributed by atoms with Gasteiger partial charge in [-0.15, -0.1) is 15.3 Å². The summed E-state index contributed by atoms with van der Waals surface area (Å²) in [5, 5.41) is 18.2. The fraction of sp³-hybridized carbons (Fsp3) is 0.692. The van der Waals surface area contributed by atoms with E-state index in [0.29, 0.717) is 5.92 Å². The quantitative estimate of drug-likeness (QED) is 0.760. The Hall–Kier alpha value is -0.920.